The average molecular weight is 319 g/mol. The molecule has 1 fully saturated rings. The summed E-state index contributed by atoms with van der Waals surface area (Å²) in [6, 6.07) is 10.0. The first-order valence-corrected chi connectivity index (χ1v) is 7.17. The molecule has 1 N–H and O–H groups in total. The van der Waals surface area contributed by atoms with Gasteiger partial charge in [0.25, 0.3) is 0 Å². The van der Waals surface area contributed by atoms with E-state index in [-0.39, 0.29) is 0 Å². The largest absolute Gasteiger partial charge is 0.354 e. The van der Waals surface area contributed by atoms with E-state index in [9.17, 15) is 0 Å². The lowest BCUT2D eigenvalue weighted by Gasteiger charge is -2.28. The molecule has 0 atom stereocenters. The molecule has 1 saturated heterocycles. The van der Waals surface area contributed by atoms with Crippen LogP contribution in [0.3, 0.4) is 0 Å². The lowest BCUT2D eigenvalue weighted by atomic mass is 10.2. The first-order chi connectivity index (χ1) is 9.34. The Kier molecular flexibility index (Phi) is 3.75. The van der Waals surface area contributed by atoms with Gasteiger partial charge < -0.3 is 10.2 Å². The highest BCUT2D eigenvalue weighted by molar-refractivity contribution is 9.10. The number of nitrogens with zero attached hydrogens (tertiary/aromatic N) is 3. The standard InChI is InChI=1S/C14H15BrN4/c15-12-4-2-1-3-11(12)14-17-6-5-13(18-14)19-9-7-16-8-10-19/h1-6,16H,7-10H2. The molecule has 0 saturated carbocycles. The van der Waals surface area contributed by atoms with Crippen LogP contribution in [0.5, 0.6) is 0 Å². The third-order valence-electron chi connectivity index (χ3n) is 3.20. The summed E-state index contributed by atoms with van der Waals surface area (Å²) in [7, 11) is 0. The topological polar surface area (TPSA) is 41.1 Å². The molecule has 0 amide bonds. The van der Waals surface area contributed by atoms with E-state index >= 15 is 0 Å². The number of hydrogen-bond donors (Lipinski definition) is 1. The molecule has 0 spiro atoms. The number of rotatable bonds is 2. The van der Waals surface area contributed by atoms with Gasteiger partial charge in [-0.05, 0) is 12.1 Å². The van der Waals surface area contributed by atoms with Crippen LogP contribution in [0, 0.1) is 0 Å². The van der Waals surface area contributed by atoms with E-state index in [1.54, 1.807) is 0 Å². The van der Waals surface area contributed by atoms with E-state index in [0.29, 0.717) is 0 Å². The normalized spacial score (nSPS) is 15.5. The molecule has 0 bridgehead atoms. The van der Waals surface area contributed by atoms with Crippen molar-refractivity contribution in [2.45, 2.75) is 0 Å². The van der Waals surface area contributed by atoms with Gasteiger partial charge in [-0.15, -0.1) is 0 Å². The van der Waals surface area contributed by atoms with Crippen molar-refractivity contribution in [3.63, 3.8) is 0 Å². The number of anilines is 1. The van der Waals surface area contributed by atoms with E-state index in [4.69, 9.17) is 0 Å². The number of nitrogens with one attached hydrogen (secondary N) is 1. The lowest BCUT2D eigenvalue weighted by Crippen LogP contribution is -2.43. The minimum absolute atomic E-state index is 0.767. The highest BCUT2D eigenvalue weighted by Gasteiger charge is 2.13. The fourth-order valence-electron chi connectivity index (χ4n) is 2.19. The highest BCUT2D eigenvalue weighted by atomic mass is 79.9. The van der Waals surface area contributed by atoms with Gasteiger partial charge in [-0.2, -0.15) is 0 Å². The molecular weight excluding hydrogens is 304 g/mol. The second-order valence-electron chi connectivity index (χ2n) is 4.46. The van der Waals surface area contributed by atoms with Crippen LogP contribution in [0.1, 0.15) is 0 Å². The molecule has 0 aliphatic carbocycles. The summed E-state index contributed by atoms with van der Waals surface area (Å²) in [4.78, 5) is 11.4. The lowest BCUT2D eigenvalue weighted by molar-refractivity contribution is 0.585. The number of piperazine rings is 1. The molecule has 1 aliphatic heterocycles. The van der Waals surface area contributed by atoms with Gasteiger partial charge in [-0.3, -0.25) is 0 Å². The van der Waals surface area contributed by atoms with Crippen LogP contribution in [0.4, 0.5) is 5.82 Å². The fourth-order valence-corrected chi connectivity index (χ4v) is 2.65. The summed E-state index contributed by atoms with van der Waals surface area (Å²) in [6.07, 6.45) is 1.83. The zero-order valence-corrected chi connectivity index (χ0v) is 12.1. The Morgan fingerprint density at radius 3 is 2.68 bits per heavy atom. The van der Waals surface area contributed by atoms with Gasteiger partial charge in [0, 0.05) is 42.4 Å². The van der Waals surface area contributed by atoms with Gasteiger partial charge in [0.1, 0.15) is 5.82 Å². The molecule has 2 heterocycles. The van der Waals surface area contributed by atoms with Crippen molar-refractivity contribution in [2.24, 2.45) is 0 Å². The molecule has 0 unspecified atom stereocenters. The maximum Gasteiger partial charge on any atom is 0.162 e. The van der Waals surface area contributed by atoms with Crippen molar-refractivity contribution in [2.75, 3.05) is 31.1 Å². The van der Waals surface area contributed by atoms with Crippen molar-refractivity contribution < 1.29 is 0 Å². The molecule has 19 heavy (non-hydrogen) atoms. The Morgan fingerprint density at radius 2 is 1.89 bits per heavy atom. The number of aromatic nitrogens is 2. The average Bonchev–Trinajstić information content (AvgIpc) is 2.49. The Labute approximate surface area is 121 Å². The molecule has 2 aromatic rings. The molecular formula is C14H15BrN4. The van der Waals surface area contributed by atoms with E-state index in [0.717, 1.165) is 47.9 Å². The van der Waals surface area contributed by atoms with Gasteiger partial charge >= 0.3 is 0 Å². The van der Waals surface area contributed by atoms with Gasteiger partial charge in [-0.25, -0.2) is 9.97 Å². The minimum atomic E-state index is 0.767. The Bertz CT molecular complexity index is 567. The number of halogens is 1. The quantitative estimate of drug-likeness (QED) is 0.922. The molecule has 1 aromatic heterocycles. The highest BCUT2D eigenvalue weighted by Crippen LogP contribution is 2.26. The minimum Gasteiger partial charge on any atom is -0.354 e. The van der Waals surface area contributed by atoms with Gasteiger partial charge in [0.2, 0.25) is 0 Å². The molecule has 4 nitrogen and oxygen atoms in total. The summed E-state index contributed by atoms with van der Waals surface area (Å²) in [5, 5.41) is 3.35. The summed E-state index contributed by atoms with van der Waals surface area (Å²) >= 11 is 3.55. The Morgan fingerprint density at radius 1 is 1.11 bits per heavy atom. The smallest absolute Gasteiger partial charge is 0.162 e. The molecule has 3 rings (SSSR count). The predicted molar refractivity (Wildman–Crippen MR) is 80.3 cm³/mol. The maximum absolute atomic E-state index is 4.68. The van der Waals surface area contributed by atoms with Crippen molar-refractivity contribution in [3.05, 3.63) is 41.0 Å². The van der Waals surface area contributed by atoms with Crippen LogP contribution < -0.4 is 10.2 Å². The monoisotopic (exact) mass is 318 g/mol. The van der Waals surface area contributed by atoms with Gasteiger partial charge in [0.05, 0.1) is 0 Å². The zero-order valence-electron chi connectivity index (χ0n) is 10.5. The SMILES string of the molecule is Brc1ccccc1-c1nccc(N2CCNCC2)n1. The van der Waals surface area contributed by atoms with Crippen LogP contribution >= 0.6 is 15.9 Å². The van der Waals surface area contributed by atoms with Crippen molar-refractivity contribution in [1.29, 1.82) is 0 Å². The Balaban J connectivity index is 1.93. The summed E-state index contributed by atoms with van der Waals surface area (Å²) < 4.78 is 1.02. The molecule has 98 valence electrons. The van der Waals surface area contributed by atoms with Gasteiger partial charge in [-0.1, -0.05) is 34.1 Å². The first kappa shape index (κ1) is 12.6. The first-order valence-electron chi connectivity index (χ1n) is 6.38. The third-order valence-corrected chi connectivity index (χ3v) is 3.89. The molecule has 1 aromatic carbocycles. The van der Waals surface area contributed by atoms with Crippen LogP contribution in [0.25, 0.3) is 11.4 Å². The van der Waals surface area contributed by atoms with Crippen LogP contribution in [0.2, 0.25) is 0 Å². The summed E-state index contributed by atoms with van der Waals surface area (Å²) in [6.45, 7) is 4.00. The third kappa shape index (κ3) is 2.77. The number of hydrogen-bond acceptors (Lipinski definition) is 4. The molecule has 5 heteroatoms. The van der Waals surface area contributed by atoms with E-state index < -0.39 is 0 Å². The van der Waals surface area contributed by atoms with Crippen molar-refractivity contribution >= 4 is 21.7 Å². The Hall–Kier alpha value is -1.46. The van der Waals surface area contributed by atoms with E-state index in [2.05, 4.69) is 36.1 Å². The zero-order chi connectivity index (χ0) is 13.1. The van der Waals surface area contributed by atoms with Crippen LogP contribution in [-0.4, -0.2) is 36.1 Å². The summed E-state index contributed by atoms with van der Waals surface area (Å²) in [5.74, 6) is 1.77. The van der Waals surface area contributed by atoms with E-state index in [1.165, 1.54) is 0 Å². The molecule has 0 radical (unpaired) electrons. The fraction of sp³-hybridized carbons (Fsp3) is 0.286. The number of benzene rings is 1. The maximum atomic E-state index is 4.68. The molecule has 1 aliphatic rings. The van der Waals surface area contributed by atoms with E-state index in [1.807, 2.05) is 36.5 Å². The van der Waals surface area contributed by atoms with Crippen molar-refractivity contribution in [3.8, 4) is 11.4 Å². The van der Waals surface area contributed by atoms with Crippen molar-refractivity contribution in [1.82, 2.24) is 15.3 Å². The second-order valence-corrected chi connectivity index (χ2v) is 5.31. The summed E-state index contributed by atoms with van der Waals surface area (Å²) in [5.41, 5.74) is 1.03. The second kappa shape index (κ2) is 5.67. The van der Waals surface area contributed by atoms with Gasteiger partial charge in [0.15, 0.2) is 5.82 Å². The van der Waals surface area contributed by atoms with Crippen LogP contribution in [-0.2, 0) is 0 Å². The predicted octanol–water partition coefficient (Wildman–Crippen LogP) is 2.32. The van der Waals surface area contributed by atoms with Crippen LogP contribution in [0.15, 0.2) is 41.0 Å².